The van der Waals surface area contributed by atoms with Crippen LogP contribution in [0.5, 0.6) is 5.75 Å². The van der Waals surface area contributed by atoms with Crippen LogP contribution in [0.4, 0.5) is 17.1 Å². The predicted octanol–water partition coefficient (Wildman–Crippen LogP) is 1.83. The molecule has 2 aromatic rings. The van der Waals surface area contributed by atoms with E-state index in [0.717, 1.165) is 0 Å². The molecule has 0 saturated carbocycles. The molecule has 0 aliphatic carbocycles. The van der Waals surface area contributed by atoms with E-state index in [1.54, 1.807) is 6.92 Å². The van der Waals surface area contributed by atoms with Crippen molar-refractivity contribution in [2.75, 3.05) is 5.73 Å². The van der Waals surface area contributed by atoms with Crippen LogP contribution in [-0.2, 0) is 6.61 Å². The van der Waals surface area contributed by atoms with Crippen LogP contribution >= 0.6 is 0 Å². The number of nitrogens with two attached hydrogens (primary N) is 1. The van der Waals surface area contributed by atoms with E-state index in [1.807, 2.05) is 0 Å². The highest BCUT2D eigenvalue weighted by Gasteiger charge is 2.11. The van der Waals surface area contributed by atoms with Gasteiger partial charge in [0.2, 0.25) is 0 Å². The molecule has 0 aliphatic rings. The molecule has 22 heavy (non-hydrogen) atoms. The number of hydrogen-bond acceptors (Lipinski definition) is 7. The fourth-order valence-electron chi connectivity index (χ4n) is 1.83. The third kappa shape index (κ3) is 3.01. The Labute approximate surface area is 125 Å². The van der Waals surface area contributed by atoms with Crippen LogP contribution in [0.3, 0.4) is 0 Å². The number of rotatable bonds is 4. The topological polar surface area (TPSA) is 135 Å². The Morgan fingerprint density at radius 3 is 2.82 bits per heavy atom. The number of hydrogen-bond donors (Lipinski definition) is 3. The third-order valence-electron chi connectivity index (χ3n) is 3.08. The highest BCUT2D eigenvalue weighted by Crippen LogP contribution is 2.28. The molecular weight excluding hydrogens is 288 g/mol. The Morgan fingerprint density at radius 2 is 2.23 bits per heavy atom. The minimum Gasteiger partial charge on any atom is -0.505 e. The zero-order valence-electron chi connectivity index (χ0n) is 11.7. The molecule has 0 bridgehead atoms. The second-order valence-electron chi connectivity index (χ2n) is 4.55. The summed E-state index contributed by atoms with van der Waals surface area (Å²) in [7, 11) is 0. The molecule has 0 atom stereocenters. The van der Waals surface area contributed by atoms with Crippen LogP contribution in [-0.4, -0.2) is 26.3 Å². The van der Waals surface area contributed by atoms with Gasteiger partial charge in [0.1, 0.15) is 5.75 Å². The summed E-state index contributed by atoms with van der Waals surface area (Å²) in [4.78, 5) is 18.2. The smallest absolute Gasteiger partial charge is 0.271 e. The number of aliphatic hydroxyl groups is 1. The van der Waals surface area contributed by atoms with E-state index in [0.29, 0.717) is 22.5 Å². The fraction of sp³-hybridized carbons (Fsp3) is 0.143. The number of nitrogens with zero attached hydrogens (tertiary/aromatic N) is 3. The molecule has 0 saturated heterocycles. The Morgan fingerprint density at radius 1 is 1.50 bits per heavy atom. The van der Waals surface area contributed by atoms with Gasteiger partial charge in [-0.15, -0.1) is 0 Å². The molecule has 1 aromatic heterocycles. The maximum atomic E-state index is 10.7. The lowest BCUT2D eigenvalue weighted by Gasteiger charge is -2.07. The van der Waals surface area contributed by atoms with Gasteiger partial charge in [0.25, 0.3) is 5.69 Å². The number of aromatic nitrogens is 1. The number of aryl methyl sites for hydroxylation is 1. The highest BCUT2D eigenvalue weighted by atomic mass is 16.6. The highest BCUT2D eigenvalue weighted by molar-refractivity contribution is 5.88. The monoisotopic (exact) mass is 302 g/mol. The van der Waals surface area contributed by atoms with E-state index in [4.69, 9.17) is 5.73 Å². The zero-order valence-corrected chi connectivity index (χ0v) is 11.7. The Bertz CT molecular complexity index is 759. The lowest BCUT2D eigenvalue weighted by Crippen LogP contribution is -1.98. The summed E-state index contributed by atoms with van der Waals surface area (Å²) in [6.07, 6.45) is 2.78. The number of nitro groups is 1. The number of aromatic hydroxyl groups is 1. The number of pyridine rings is 1. The number of nitrogen functional groups attached to an aromatic ring is 1. The van der Waals surface area contributed by atoms with Gasteiger partial charge in [0.05, 0.1) is 28.6 Å². The molecule has 114 valence electrons. The molecule has 0 radical (unpaired) electrons. The van der Waals surface area contributed by atoms with Gasteiger partial charge in [0.15, 0.2) is 0 Å². The number of benzene rings is 1. The molecule has 0 spiro atoms. The quantitative estimate of drug-likeness (QED) is 0.341. The average Bonchev–Trinajstić information content (AvgIpc) is 2.49. The number of anilines is 1. The van der Waals surface area contributed by atoms with E-state index < -0.39 is 4.92 Å². The van der Waals surface area contributed by atoms with Crippen molar-refractivity contribution in [3.05, 3.63) is 51.3 Å². The average molecular weight is 302 g/mol. The van der Waals surface area contributed by atoms with Gasteiger partial charge in [0, 0.05) is 35.7 Å². The standard InChI is InChI=1S/C14H14N4O4/c1-8-14(20)11(9(7-19)5-16-8)6-17-13-3-2-10(18(21)22)4-12(13)15/h2-6,19-20H,7,15H2,1H3. The van der Waals surface area contributed by atoms with Crippen molar-refractivity contribution in [3.8, 4) is 5.75 Å². The first-order valence-corrected chi connectivity index (χ1v) is 6.30. The van der Waals surface area contributed by atoms with Crippen molar-refractivity contribution >= 4 is 23.3 Å². The summed E-state index contributed by atoms with van der Waals surface area (Å²) in [5, 5.41) is 29.9. The first-order chi connectivity index (χ1) is 10.4. The molecule has 0 aliphatic heterocycles. The molecule has 4 N–H and O–H groups in total. The van der Waals surface area contributed by atoms with Crippen molar-refractivity contribution in [1.82, 2.24) is 4.98 Å². The summed E-state index contributed by atoms with van der Waals surface area (Å²) in [6.45, 7) is 1.31. The molecule has 1 aromatic carbocycles. The van der Waals surface area contributed by atoms with Crippen molar-refractivity contribution in [1.29, 1.82) is 0 Å². The summed E-state index contributed by atoms with van der Waals surface area (Å²) < 4.78 is 0. The first kappa shape index (κ1) is 15.4. The number of aliphatic imine (C=N–C) groups is 1. The predicted molar refractivity (Wildman–Crippen MR) is 81.3 cm³/mol. The van der Waals surface area contributed by atoms with Crippen LogP contribution in [0.2, 0.25) is 0 Å². The fourth-order valence-corrected chi connectivity index (χ4v) is 1.83. The second kappa shape index (κ2) is 6.19. The van der Waals surface area contributed by atoms with Gasteiger partial charge in [-0.3, -0.25) is 20.1 Å². The molecule has 2 rings (SSSR count). The molecular formula is C14H14N4O4. The third-order valence-corrected chi connectivity index (χ3v) is 3.08. The summed E-state index contributed by atoms with van der Waals surface area (Å²) in [5.74, 6) is -0.0872. The van der Waals surface area contributed by atoms with Gasteiger partial charge >= 0.3 is 0 Å². The summed E-state index contributed by atoms with van der Waals surface area (Å²) in [6, 6.07) is 3.90. The van der Waals surface area contributed by atoms with E-state index >= 15 is 0 Å². The van der Waals surface area contributed by atoms with Crippen LogP contribution in [0, 0.1) is 17.0 Å². The van der Waals surface area contributed by atoms with Crippen LogP contribution in [0.1, 0.15) is 16.8 Å². The van der Waals surface area contributed by atoms with E-state index in [2.05, 4.69) is 9.98 Å². The van der Waals surface area contributed by atoms with Gasteiger partial charge < -0.3 is 15.9 Å². The molecule has 0 amide bonds. The van der Waals surface area contributed by atoms with Crippen LogP contribution in [0.15, 0.2) is 29.4 Å². The molecule has 8 nitrogen and oxygen atoms in total. The Hall–Kier alpha value is -3.00. The molecule has 1 heterocycles. The Kier molecular flexibility index (Phi) is 4.33. The number of nitro benzene ring substituents is 1. The molecule has 0 fully saturated rings. The van der Waals surface area contributed by atoms with E-state index in [9.17, 15) is 20.3 Å². The molecule has 0 unspecified atom stereocenters. The first-order valence-electron chi connectivity index (χ1n) is 6.30. The molecule has 8 heteroatoms. The second-order valence-corrected chi connectivity index (χ2v) is 4.55. The normalized spacial score (nSPS) is 11.0. The van der Waals surface area contributed by atoms with Crippen molar-refractivity contribution < 1.29 is 15.1 Å². The van der Waals surface area contributed by atoms with Crippen molar-refractivity contribution in [3.63, 3.8) is 0 Å². The number of aliphatic hydroxyl groups excluding tert-OH is 1. The summed E-state index contributed by atoms with van der Waals surface area (Å²) >= 11 is 0. The largest absolute Gasteiger partial charge is 0.505 e. The van der Waals surface area contributed by atoms with E-state index in [1.165, 1.54) is 30.6 Å². The SMILES string of the molecule is Cc1ncc(CO)c(C=Nc2ccc([N+](=O)[O-])cc2N)c1O. The minimum atomic E-state index is -0.550. The van der Waals surface area contributed by atoms with E-state index in [-0.39, 0.29) is 23.7 Å². The Balaban J connectivity index is 2.41. The lowest BCUT2D eigenvalue weighted by atomic mass is 10.1. The lowest BCUT2D eigenvalue weighted by molar-refractivity contribution is -0.384. The minimum absolute atomic E-state index is 0.0872. The maximum absolute atomic E-state index is 10.7. The van der Waals surface area contributed by atoms with Crippen LogP contribution in [0.25, 0.3) is 0 Å². The van der Waals surface area contributed by atoms with Gasteiger partial charge in [-0.25, -0.2) is 0 Å². The van der Waals surface area contributed by atoms with Crippen molar-refractivity contribution in [2.24, 2.45) is 4.99 Å². The van der Waals surface area contributed by atoms with Gasteiger partial charge in [-0.1, -0.05) is 0 Å². The van der Waals surface area contributed by atoms with Crippen LogP contribution < -0.4 is 5.73 Å². The zero-order chi connectivity index (χ0) is 16.3. The van der Waals surface area contributed by atoms with Crippen molar-refractivity contribution in [2.45, 2.75) is 13.5 Å². The van der Waals surface area contributed by atoms with Gasteiger partial charge in [-0.05, 0) is 13.0 Å². The maximum Gasteiger partial charge on any atom is 0.271 e. The summed E-state index contributed by atoms with van der Waals surface area (Å²) in [5.41, 5.74) is 7.19. The number of non-ortho nitro benzene ring substituents is 1. The van der Waals surface area contributed by atoms with Gasteiger partial charge in [-0.2, -0.15) is 0 Å².